The molecule has 3 aliphatic heterocycles. The molecule has 0 radical (unpaired) electrons. The van der Waals surface area contributed by atoms with Crippen molar-refractivity contribution in [2.45, 2.75) is 80.0 Å². The first kappa shape index (κ1) is 40.4. The molecule has 0 spiro atoms. The molecule has 1 aliphatic carbocycles. The summed E-state index contributed by atoms with van der Waals surface area (Å²) >= 11 is 0. The molecule has 1 saturated carbocycles. The Morgan fingerprint density at radius 3 is 2.07 bits per heavy atom. The Labute approximate surface area is 325 Å². The first-order valence-electron chi connectivity index (χ1n) is 18.3. The average Bonchev–Trinajstić information content (AvgIpc) is 3.82. The van der Waals surface area contributed by atoms with Gasteiger partial charge >= 0.3 is 0 Å². The van der Waals surface area contributed by atoms with Crippen LogP contribution in [0.4, 0.5) is 8.78 Å². The highest BCUT2D eigenvalue weighted by molar-refractivity contribution is 5.87. The van der Waals surface area contributed by atoms with Crippen LogP contribution in [0.25, 0.3) is 33.8 Å². The second-order valence-electron chi connectivity index (χ2n) is 15.2. The summed E-state index contributed by atoms with van der Waals surface area (Å²) in [7, 11) is 0. The summed E-state index contributed by atoms with van der Waals surface area (Å²) in [5.74, 6) is -0.623. The van der Waals surface area contributed by atoms with Crippen molar-refractivity contribution in [3.05, 3.63) is 65.5 Å². The highest BCUT2D eigenvalue weighted by atomic mass is 19.1. The molecule has 13 nitrogen and oxygen atoms in total. The van der Waals surface area contributed by atoms with Crippen molar-refractivity contribution in [2.75, 3.05) is 32.9 Å². The molecule has 1 unspecified atom stereocenters. The van der Waals surface area contributed by atoms with E-state index in [2.05, 4.69) is 49.2 Å². The maximum absolute atomic E-state index is 14.0. The smallest absolute Gasteiger partial charge is 0.228 e. The minimum absolute atomic E-state index is 0. The van der Waals surface area contributed by atoms with Gasteiger partial charge in [-0.15, -0.1) is 0 Å². The van der Waals surface area contributed by atoms with Crippen molar-refractivity contribution in [2.24, 2.45) is 15.8 Å². The van der Waals surface area contributed by atoms with Crippen molar-refractivity contribution in [1.29, 1.82) is 0 Å². The number of ether oxygens (including phenoxy) is 3. The molecule has 0 bridgehead atoms. The van der Waals surface area contributed by atoms with Gasteiger partial charge in [-0.1, -0.05) is 35.1 Å². The normalized spacial score (nSPS) is 18.6. The molecule has 15 heteroatoms. The van der Waals surface area contributed by atoms with Crippen LogP contribution < -0.4 is 14.8 Å². The minimum Gasteiger partial charge on any atom is -0.505 e. The summed E-state index contributed by atoms with van der Waals surface area (Å²) in [6.07, 6.45) is 9.68. The number of phenols is 2. The van der Waals surface area contributed by atoms with E-state index < -0.39 is 23.1 Å². The molecule has 5 aromatic rings. The lowest BCUT2D eigenvalue weighted by Gasteiger charge is -2.38. The first-order valence-corrected chi connectivity index (χ1v) is 18.3. The second-order valence-corrected chi connectivity index (χ2v) is 15.2. The van der Waals surface area contributed by atoms with Gasteiger partial charge in [0.15, 0.2) is 46.7 Å². The molecule has 6 heterocycles. The predicted octanol–water partition coefficient (Wildman–Crippen LogP) is 7.79. The second kappa shape index (κ2) is 16.4. The molecule has 3 aromatic heterocycles. The number of rotatable bonds is 9. The van der Waals surface area contributed by atoms with Crippen molar-refractivity contribution in [3.8, 4) is 46.0 Å². The Bertz CT molecular complexity index is 2220. The zero-order chi connectivity index (χ0) is 37.5. The van der Waals surface area contributed by atoms with Gasteiger partial charge in [0.2, 0.25) is 11.8 Å². The van der Waals surface area contributed by atoms with Gasteiger partial charge in [-0.2, -0.15) is 15.1 Å². The SMILES string of the molecule is C.C.CC1(COc2nc(-c3ccc(O)c(F)c3)nc3c2C=NC3)CNC1.CC1(COc2nc(-c3ccc(O)c(F)c3)nc3c2cnn3C2CCCCO2)CCC1. The van der Waals surface area contributed by atoms with Gasteiger partial charge in [-0.3, -0.25) is 4.99 Å². The van der Waals surface area contributed by atoms with E-state index >= 15 is 0 Å². The number of phenolic OH excluding ortho intramolecular Hbond substituents is 2. The van der Waals surface area contributed by atoms with Crippen LogP contribution in [0, 0.1) is 22.5 Å². The topological polar surface area (TPSA) is 162 Å². The number of aromatic nitrogens is 6. The highest BCUT2D eigenvalue weighted by Crippen LogP contribution is 2.41. The molecule has 0 amide bonds. The van der Waals surface area contributed by atoms with E-state index in [0.717, 1.165) is 61.8 Å². The molecule has 3 N–H and O–H groups in total. The van der Waals surface area contributed by atoms with Crippen LogP contribution in [0.3, 0.4) is 0 Å². The maximum atomic E-state index is 14.0. The van der Waals surface area contributed by atoms with Gasteiger partial charge in [-0.05, 0) is 68.5 Å². The van der Waals surface area contributed by atoms with Gasteiger partial charge in [0, 0.05) is 47.9 Å². The number of nitrogens with zero attached hydrogens (tertiary/aromatic N) is 7. The van der Waals surface area contributed by atoms with Crippen molar-refractivity contribution in [3.63, 3.8) is 0 Å². The standard InChI is InChI=1S/C22H25FN4O3.C17H17FN4O2.2CH4/c1-22(8-4-9-22)13-30-21-15-12-24-27(18-5-2-3-10-29-18)20(15)25-19(26-21)14-6-7-17(28)16(23)11-14;1-17(7-20-8-17)9-24-16-11-5-19-6-13(11)21-15(22-16)10-2-3-14(23)12(18)4-10;;/h6-7,11-12,18,28H,2-5,8-10,13H2,1H3;2-5,20,23H,6-9H2,1H3;2*1H4. The Hall–Kier alpha value is -5.28. The molecule has 298 valence electrons. The van der Waals surface area contributed by atoms with Crippen LogP contribution in [0.2, 0.25) is 0 Å². The van der Waals surface area contributed by atoms with Gasteiger partial charge in [0.1, 0.15) is 5.39 Å². The number of halogens is 2. The number of fused-ring (bicyclic) bond motifs is 2. The fourth-order valence-electron chi connectivity index (χ4n) is 6.83. The molecular weight excluding hydrogens is 722 g/mol. The summed E-state index contributed by atoms with van der Waals surface area (Å²) in [6, 6.07) is 8.21. The Morgan fingerprint density at radius 2 is 1.48 bits per heavy atom. The Morgan fingerprint density at radius 1 is 0.839 bits per heavy atom. The third-order valence-electron chi connectivity index (χ3n) is 10.5. The Balaban J connectivity index is 0.000000187. The van der Waals surface area contributed by atoms with E-state index in [1.807, 2.05) is 0 Å². The van der Waals surface area contributed by atoms with Gasteiger partial charge in [0.05, 0.1) is 37.2 Å². The summed E-state index contributed by atoms with van der Waals surface area (Å²) in [4.78, 5) is 22.4. The van der Waals surface area contributed by atoms with Gasteiger partial charge in [0.25, 0.3) is 0 Å². The molecule has 56 heavy (non-hydrogen) atoms. The molecule has 9 rings (SSSR count). The van der Waals surface area contributed by atoms with Crippen molar-refractivity contribution < 1.29 is 33.2 Å². The van der Waals surface area contributed by atoms with Gasteiger partial charge in [-0.25, -0.2) is 23.4 Å². The summed E-state index contributed by atoms with van der Waals surface area (Å²) in [5.41, 5.74) is 3.36. The fourth-order valence-corrected chi connectivity index (χ4v) is 6.83. The molecule has 3 fully saturated rings. The van der Waals surface area contributed by atoms with E-state index in [1.165, 1.54) is 30.7 Å². The van der Waals surface area contributed by atoms with Crippen molar-refractivity contribution >= 4 is 17.2 Å². The summed E-state index contributed by atoms with van der Waals surface area (Å²) in [5, 5.41) is 27.3. The number of hydrogen-bond acceptors (Lipinski definition) is 12. The number of aliphatic imine (C=N–C) groups is 1. The fraction of sp³-hybridized carbons (Fsp3) is 0.463. The molecule has 1 atom stereocenters. The number of benzene rings is 2. The molecule has 2 aromatic carbocycles. The molecule has 4 aliphatic rings. The number of nitrogens with one attached hydrogen (secondary N) is 1. The van der Waals surface area contributed by atoms with Crippen LogP contribution in [0.15, 0.2) is 47.6 Å². The lowest BCUT2D eigenvalue weighted by atomic mass is 9.71. The van der Waals surface area contributed by atoms with Crippen LogP contribution in [-0.4, -0.2) is 79.1 Å². The molecular formula is C41H50F2N8O5. The Kier molecular flexibility index (Phi) is 11.9. The van der Waals surface area contributed by atoms with E-state index in [1.54, 1.807) is 29.2 Å². The van der Waals surface area contributed by atoms with E-state index in [9.17, 15) is 19.0 Å². The van der Waals surface area contributed by atoms with Crippen LogP contribution in [0.5, 0.6) is 23.3 Å². The zero-order valence-corrected chi connectivity index (χ0v) is 30.2. The number of hydrogen-bond donors (Lipinski definition) is 3. The van der Waals surface area contributed by atoms with Crippen LogP contribution in [0.1, 0.15) is 84.7 Å². The van der Waals surface area contributed by atoms with Crippen molar-refractivity contribution in [1.82, 2.24) is 35.0 Å². The van der Waals surface area contributed by atoms with E-state index in [0.29, 0.717) is 66.5 Å². The van der Waals surface area contributed by atoms with Crippen LogP contribution >= 0.6 is 0 Å². The monoisotopic (exact) mass is 772 g/mol. The lowest BCUT2D eigenvalue weighted by molar-refractivity contribution is -0.0370. The first-order chi connectivity index (χ1) is 26.1. The minimum atomic E-state index is -0.718. The average molecular weight is 773 g/mol. The summed E-state index contributed by atoms with van der Waals surface area (Å²) in [6.45, 7) is 8.43. The third kappa shape index (κ3) is 8.28. The van der Waals surface area contributed by atoms with Gasteiger partial charge < -0.3 is 29.7 Å². The van der Waals surface area contributed by atoms with Crippen LogP contribution in [-0.2, 0) is 11.3 Å². The van der Waals surface area contributed by atoms with E-state index in [-0.39, 0.29) is 31.9 Å². The maximum Gasteiger partial charge on any atom is 0.228 e. The quantitative estimate of drug-likeness (QED) is 0.134. The largest absolute Gasteiger partial charge is 0.505 e. The third-order valence-corrected chi connectivity index (χ3v) is 10.5. The zero-order valence-electron chi connectivity index (χ0n) is 30.2. The van der Waals surface area contributed by atoms with E-state index in [4.69, 9.17) is 14.2 Å². The molecule has 2 saturated heterocycles. The number of aromatic hydroxyl groups is 2. The predicted molar refractivity (Wildman–Crippen MR) is 209 cm³/mol. The highest BCUT2D eigenvalue weighted by Gasteiger charge is 2.34. The lowest BCUT2D eigenvalue weighted by Crippen LogP contribution is -2.54. The summed E-state index contributed by atoms with van der Waals surface area (Å²) < 4.78 is 47.4.